The molecular formula is C5H9N3O2. The topological polar surface area (TPSA) is 99.2 Å². The van der Waals surface area contributed by atoms with Crippen LogP contribution in [0.2, 0.25) is 0 Å². The van der Waals surface area contributed by atoms with Crippen molar-refractivity contribution in [2.75, 3.05) is 6.54 Å². The number of carboxylic acid groups (broad SMARTS) is 1. The lowest BCUT2D eigenvalue weighted by Crippen LogP contribution is -2.30. The van der Waals surface area contributed by atoms with E-state index in [0.717, 1.165) is 6.08 Å². The van der Waals surface area contributed by atoms with Crippen LogP contribution >= 0.6 is 0 Å². The number of aliphatic carboxylic acids is 1. The Balaban J connectivity index is 3.36. The summed E-state index contributed by atoms with van der Waals surface area (Å²) in [6.45, 7) is 0.266. The molecule has 0 aliphatic heterocycles. The average molecular weight is 143 g/mol. The van der Waals surface area contributed by atoms with E-state index in [2.05, 4.69) is 5.32 Å². The lowest BCUT2D eigenvalue weighted by Gasteiger charge is -1.95. The number of nitrogens with one attached hydrogen (secondary N) is 2. The van der Waals surface area contributed by atoms with Crippen molar-refractivity contribution in [1.82, 2.24) is 5.32 Å². The van der Waals surface area contributed by atoms with E-state index in [-0.39, 0.29) is 12.5 Å². The van der Waals surface area contributed by atoms with Crippen molar-refractivity contribution >= 4 is 11.9 Å². The molecule has 0 bridgehead atoms. The first-order valence-corrected chi connectivity index (χ1v) is 2.60. The second-order valence-electron chi connectivity index (χ2n) is 1.54. The van der Waals surface area contributed by atoms with Crippen molar-refractivity contribution < 1.29 is 9.90 Å². The van der Waals surface area contributed by atoms with Crippen molar-refractivity contribution in [3.05, 3.63) is 12.2 Å². The zero-order valence-electron chi connectivity index (χ0n) is 5.29. The first kappa shape index (κ1) is 8.48. The molecule has 0 aromatic rings. The van der Waals surface area contributed by atoms with Gasteiger partial charge in [-0.25, -0.2) is 4.79 Å². The number of carbonyl (C=O) groups is 1. The summed E-state index contributed by atoms with van der Waals surface area (Å²) in [5, 5.41) is 17.2. The fraction of sp³-hybridized carbons (Fsp3) is 0.200. The Hall–Kier alpha value is -1.52. The monoisotopic (exact) mass is 143 g/mol. The summed E-state index contributed by atoms with van der Waals surface area (Å²) in [5.74, 6) is -1.18. The summed E-state index contributed by atoms with van der Waals surface area (Å²) in [6.07, 6.45) is 2.35. The van der Waals surface area contributed by atoms with Crippen molar-refractivity contribution in [3.63, 3.8) is 0 Å². The molecule has 5 heteroatoms. The van der Waals surface area contributed by atoms with Gasteiger partial charge in [0.1, 0.15) is 0 Å². The van der Waals surface area contributed by atoms with Gasteiger partial charge in [0.05, 0.1) is 0 Å². The molecule has 0 unspecified atom stereocenters. The van der Waals surface area contributed by atoms with Gasteiger partial charge in [0.25, 0.3) is 0 Å². The highest BCUT2D eigenvalue weighted by molar-refractivity contribution is 5.80. The zero-order valence-corrected chi connectivity index (χ0v) is 5.29. The van der Waals surface area contributed by atoms with Gasteiger partial charge in [0.15, 0.2) is 5.96 Å². The third-order valence-corrected chi connectivity index (χ3v) is 0.671. The van der Waals surface area contributed by atoms with Gasteiger partial charge in [-0.05, 0) is 0 Å². The molecule has 10 heavy (non-hydrogen) atoms. The van der Waals surface area contributed by atoms with E-state index in [1.807, 2.05) is 0 Å². The van der Waals surface area contributed by atoms with Crippen molar-refractivity contribution in [1.29, 1.82) is 5.41 Å². The van der Waals surface area contributed by atoms with Crippen LogP contribution in [0.25, 0.3) is 0 Å². The summed E-state index contributed by atoms with van der Waals surface area (Å²) in [4.78, 5) is 9.84. The van der Waals surface area contributed by atoms with E-state index in [9.17, 15) is 4.79 Å². The maximum Gasteiger partial charge on any atom is 0.328 e. The first-order valence-electron chi connectivity index (χ1n) is 2.60. The lowest BCUT2D eigenvalue weighted by molar-refractivity contribution is -0.131. The quantitative estimate of drug-likeness (QED) is 0.234. The van der Waals surface area contributed by atoms with E-state index in [1.165, 1.54) is 6.08 Å². The van der Waals surface area contributed by atoms with Gasteiger partial charge in [-0.2, -0.15) is 0 Å². The van der Waals surface area contributed by atoms with Crippen LogP contribution in [0.4, 0.5) is 0 Å². The van der Waals surface area contributed by atoms with Crippen LogP contribution in [-0.4, -0.2) is 23.6 Å². The second kappa shape index (κ2) is 4.37. The fourth-order valence-corrected chi connectivity index (χ4v) is 0.329. The highest BCUT2D eigenvalue weighted by atomic mass is 16.4. The van der Waals surface area contributed by atoms with Crippen LogP contribution in [0.15, 0.2) is 12.2 Å². The molecule has 0 amide bonds. The van der Waals surface area contributed by atoms with Crippen LogP contribution in [0.5, 0.6) is 0 Å². The molecule has 0 radical (unpaired) electrons. The van der Waals surface area contributed by atoms with Gasteiger partial charge >= 0.3 is 5.97 Å². The molecule has 0 fully saturated rings. The molecule has 0 saturated carbocycles. The van der Waals surface area contributed by atoms with Crippen molar-refractivity contribution in [3.8, 4) is 0 Å². The summed E-state index contributed by atoms with van der Waals surface area (Å²) >= 11 is 0. The van der Waals surface area contributed by atoms with E-state index >= 15 is 0 Å². The van der Waals surface area contributed by atoms with E-state index < -0.39 is 5.97 Å². The Morgan fingerprint density at radius 1 is 1.80 bits per heavy atom. The van der Waals surface area contributed by atoms with Gasteiger partial charge in [-0.1, -0.05) is 6.08 Å². The normalized spacial score (nSPS) is 9.60. The minimum atomic E-state index is -1.01. The number of carboxylic acids is 1. The Kier molecular flexibility index (Phi) is 3.70. The second-order valence-corrected chi connectivity index (χ2v) is 1.54. The number of hydrogen-bond acceptors (Lipinski definition) is 2. The molecule has 0 heterocycles. The molecular weight excluding hydrogens is 134 g/mol. The summed E-state index contributed by atoms with van der Waals surface area (Å²) < 4.78 is 0. The smallest absolute Gasteiger partial charge is 0.328 e. The number of rotatable bonds is 3. The van der Waals surface area contributed by atoms with E-state index in [1.54, 1.807) is 0 Å². The first-order chi connectivity index (χ1) is 4.63. The predicted molar refractivity (Wildman–Crippen MR) is 36.7 cm³/mol. The standard InChI is InChI=1S/C5H9N3O2/c6-5(7)8-3-1-2-4(9)10/h1-2H,3H2,(H,9,10)(H4,6,7,8)/b2-1+. The average Bonchev–Trinajstić information content (AvgIpc) is 1.79. The summed E-state index contributed by atoms with van der Waals surface area (Å²) in [6, 6.07) is 0. The Bertz CT molecular complexity index is 164. The van der Waals surface area contributed by atoms with Gasteiger partial charge < -0.3 is 16.2 Å². The van der Waals surface area contributed by atoms with Crippen molar-refractivity contribution in [2.45, 2.75) is 0 Å². The van der Waals surface area contributed by atoms with E-state index in [0.29, 0.717) is 0 Å². The molecule has 0 spiro atoms. The molecule has 0 aromatic heterocycles. The maximum absolute atomic E-state index is 9.84. The largest absolute Gasteiger partial charge is 0.478 e. The van der Waals surface area contributed by atoms with Crippen LogP contribution in [0, 0.1) is 5.41 Å². The molecule has 0 aromatic carbocycles. The zero-order chi connectivity index (χ0) is 7.98. The van der Waals surface area contributed by atoms with E-state index in [4.69, 9.17) is 16.2 Å². The predicted octanol–water partition coefficient (Wildman–Crippen LogP) is -0.890. The summed E-state index contributed by atoms with van der Waals surface area (Å²) in [5.41, 5.74) is 4.90. The van der Waals surface area contributed by atoms with Gasteiger partial charge in [-0.15, -0.1) is 0 Å². The highest BCUT2D eigenvalue weighted by Gasteiger charge is 1.84. The Labute approximate surface area is 58.0 Å². The number of nitrogens with two attached hydrogens (primary N) is 1. The fourth-order valence-electron chi connectivity index (χ4n) is 0.329. The molecule has 0 saturated heterocycles. The van der Waals surface area contributed by atoms with Gasteiger partial charge in [0, 0.05) is 12.6 Å². The number of guanidine groups is 1. The van der Waals surface area contributed by atoms with Crippen LogP contribution in [0.1, 0.15) is 0 Å². The van der Waals surface area contributed by atoms with Crippen LogP contribution < -0.4 is 11.1 Å². The third-order valence-electron chi connectivity index (χ3n) is 0.671. The van der Waals surface area contributed by atoms with Crippen molar-refractivity contribution in [2.24, 2.45) is 5.73 Å². The van der Waals surface area contributed by atoms with Gasteiger partial charge in [0.2, 0.25) is 0 Å². The molecule has 5 N–H and O–H groups in total. The SMILES string of the molecule is N=C(N)NC/C=C/C(=O)O. The Morgan fingerprint density at radius 3 is 2.80 bits per heavy atom. The van der Waals surface area contributed by atoms with Crippen LogP contribution in [0.3, 0.4) is 0 Å². The molecule has 5 nitrogen and oxygen atoms in total. The minimum Gasteiger partial charge on any atom is -0.478 e. The van der Waals surface area contributed by atoms with Gasteiger partial charge in [-0.3, -0.25) is 5.41 Å². The minimum absolute atomic E-state index is 0.171. The molecule has 0 aliphatic carbocycles. The maximum atomic E-state index is 9.84. The van der Waals surface area contributed by atoms with Crippen LogP contribution in [-0.2, 0) is 4.79 Å². The Morgan fingerprint density at radius 2 is 2.40 bits per heavy atom. The molecule has 56 valence electrons. The molecule has 0 rings (SSSR count). The number of hydrogen-bond donors (Lipinski definition) is 4. The molecule has 0 atom stereocenters. The highest BCUT2D eigenvalue weighted by Crippen LogP contribution is 1.69. The summed E-state index contributed by atoms with van der Waals surface area (Å²) in [7, 11) is 0. The molecule has 0 aliphatic rings. The lowest BCUT2D eigenvalue weighted by atomic mass is 10.5. The third kappa shape index (κ3) is 6.48.